The first-order valence-corrected chi connectivity index (χ1v) is 5.02. The van der Waals surface area contributed by atoms with Gasteiger partial charge in [-0.25, -0.2) is 0 Å². The van der Waals surface area contributed by atoms with Gasteiger partial charge in [0, 0.05) is 17.8 Å². The van der Waals surface area contributed by atoms with E-state index in [1.807, 2.05) is 5.32 Å². The molecule has 0 spiro atoms. The first kappa shape index (κ1) is 13.1. The average molecular weight is 242 g/mol. The minimum Gasteiger partial charge on any atom is -0.326 e. The number of carbonyl (C=O) groups is 2. The lowest BCUT2D eigenvalue weighted by atomic mass is 10.2. The fraction of sp³-hybridized carbons (Fsp3) is 0.273. The SMILES string of the molecule is CCC(=O)Nc1ccc(NC(=O)C(F)F)cc1. The highest BCUT2D eigenvalue weighted by atomic mass is 19.3. The third-order valence-corrected chi connectivity index (χ3v) is 1.96. The molecule has 0 aliphatic carbocycles. The standard InChI is InChI=1S/C11H12F2N2O2/c1-2-9(16)14-7-3-5-8(6-4-7)15-11(17)10(12)13/h3-6,10H,2H2,1H3,(H,14,16)(H,15,17). The number of hydrogen-bond acceptors (Lipinski definition) is 2. The highest BCUT2D eigenvalue weighted by molar-refractivity contribution is 5.94. The Labute approximate surface area is 97.0 Å². The molecule has 0 aliphatic heterocycles. The van der Waals surface area contributed by atoms with Crippen molar-refractivity contribution in [2.45, 2.75) is 19.8 Å². The van der Waals surface area contributed by atoms with Gasteiger partial charge in [-0.2, -0.15) is 8.78 Å². The number of alkyl halides is 2. The van der Waals surface area contributed by atoms with Crippen LogP contribution in [0, 0.1) is 0 Å². The second-order valence-electron chi connectivity index (χ2n) is 3.27. The predicted octanol–water partition coefficient (Wildman–Crippen LogP) is 2.24. The molecule has 0 unspecified atom stereocenters. The Bertz CT molecular complexity index is 404. The second-order valence-corrected chi connectivity index (χ2v) is 3.27. The zero-order valence-electron chi connectivity index (χ0n) is 9.17. The molecule has 0 saturated heterocycles. The van der Waals surface area contributed by atoms with Crippen molar-refractivity contribution in [1.82, 2.24) is 0 Å². The van der Waals surface area contributed by atoms with E-state index in [-0.39, 0.29) is 11.6 Å². The lowest BCUT2D eigenvalue weighted by Gasteiger charge is -2.06. The predicted molar refractivity (Wildman–Crippen MR) is 60.0 cm³/mol. The maximum Gasteiger partial charge on any atom is 0.315 e. The van der Waals surface area contributed by atoms with Gasteiger partial charge >= 0.3 is 6.43 Å². The third kappa shape index (κ3) is 4.18. The van der Waals surface area contributed by atoms with E-state index in [1.54, 1.807) is 6.92 Å². The van der Waals surface area contributed by atoms with Gasteiger partial charge in [-0.3, -0.25) is 9.59 Å². The topological polar surface area (TPSA) is 58.2 Å². The summed E-state index contributed by atoms with van der Waals surface area (Å²) in [7, 11) is 0. The molecular weight excluding hydrogens is 230 g/mol. The van der Waals surface area contributed by atoms with E-state index >= 15 is 0 Å². The minimum atomic E-state index is -3.05. The van der Waals surface area contributed by atoms with Crippen LogP contribution in [0.25, 0.3) is 0 Å². The van der Waals surface area contributed by atoms with Gasteiger partial charge in [0.1, 0.15) is 0 Å². The fourth-order valence-corrected chi connectivity index (χ4v) is 1.08. The number of anilines is 2. The minimum absolute atomic E-state index is 0.144. The molecule has 1 aromatic carbocycles. The first-order valence-electron chi connectivity index (χ1n) is 5.02. The van der Waals surface area contributed by atoms with Crippen molar-refractivity contribution in [2.75, 3.05) is 10.6 Å². The van der Waals surface area contributed by atoms with Crippen LogP contribution in [-0.4, -0.2) is 18.2 Å². The summed E-state index contributed by atoms with van der Waals surface area (Å²) >= 11 is 0. The molecule has 92 valence electrons. The monoisotopic (exact) mass is 242 g/mol. The molecule has 0 aliphatic rings. The first-order chi connectivity index (χ1) is 8.02. The molecule has 0 bridgehead atoms. The van der Waals surface area contributed by atoms with Gasteiger partial charge in [-0.1, -0.05) is 6.92 Å². The normalized spacial score (nSPS) is 10.1. The molecular formula is C11H12F2N2O2. The Morgan fingerprint density at radius 1 is 1.12 bits per heavy atom. The van der Waals surface area contributed by atoms with Crippen molar-refractivity contribution in [1.29, 1.82) is 0 Å². The number of rotatable bonds is 4. The molecule has 1 aromatic rings. The lowest BCUT2D eigenvalue weighted by molar-refractivity contribution is -0.126. The summed E-state index contributed by atoms with van der Waals surface area (Å²) in [6.07, 6.45) is -2.70. The largest absolute Gasteiger partial charge is 0.326 e. The maximum absolute atomic E-state index is 11.9. The smallest absolute Gasteiger partial charge is 0.315 e. The molecule has 0 fully saturated rings. The van der Waals surface area contributed by atoms with Crippen LogP contribution in [0.5, 0.6) is 0 Å². The molecule has 1 rings (SSSR count). The molecule has 0 radical (unpaired) electrons. The van der Waals surface area contributed by atoms with Crippen LogP contribution in [0.3, 0.4) is 0 Å². The van der Waals surface area contributed by atoms with Crippen molar-refractivity contribution in [2.24, 2.45) is 0 Å². The average Bonchev–Trinajstić information content (AvgIpc) is 2.31. The number of hydrogen-bond donors (Lipinski definition) is 2. The quantitative estimate of drug-likeness (QED) is 0.850. The number of benzene rings is 1. The highest BCUT2D eigenvalue weighted by Crippen LogP contribution is 2.14. The lowest BCUT2D eigenvalue weighted by Crippen LogP contribution is -2.20. The van der Waals surface area contributed by atoms with E-state index in [0.717, 1.165) is 0 Å². The van der Waals surface area contributed by atoms with Gasteiger partial charge in [0.05, 0.1) is 0 Å². The summed E-state index contributed by atoms with van der Waals surface area (Å²) in [6, 6.07) is 5.92. The maximum atomic E-state index is 11.9. The van der Waals surface area contributed by atoms with E-state index in [0.29, 0.717) is 12.1 Å². The zero-order chi connectivity index (χ0) is 12.8. The molecule has 2 N–H and O–H groups in total. The van der Waals surface area contributed by atoms with E-state index in [1.165, 1.54) is 24.3 Å². The summed E-state index contributed by atoms with van der Waals surface area (Å²) in [5.74, 6) is -1.50. The Balaban J connectivity index is 2.62. The van der Waals surface area contributed by atoms with Crippen molar-refractivity contribution in [3.05, 3.63) is 24.3 Å². The van der Waals surface area contributed by atoms with Crippen LogP contribution < -0.4 is 10.6 Å². The Morgan fingerprint density at radius 3 is 2.00 bits per heavy atom. The van der Waals surface area contributed by atoms with Gasteiger partial charge < -0.3 is 10.6 Å². The van der Waals surface area contributed by atoms with Gasteiger partial charge in [0.2, 0.25) is 5.91 Å². The highest BCUT2D eigenvalue weighted by Gasteiger charge is 2.14. The van der Waals surface area contributed by atoms with Crippen LogP contribution >= 0.6 is 0 Å². The summed E-state index contributed by atoms with van der Waals surface area (Å²) in [5, 5.41) is 4.63. The van der Waals surface area contributed by atoms with Crippen molar-refractivity contribution in [3.8, 4) is 0 Å². The molecule has 0 atom stereocenters. The number of nitrogens with one attached hydrogen (secondary N) is 2. The molecule has 4 nitrogen and oxygen atoms in total. The van der Waals surface area contributed by atoms with E-state index in [2.05, 4.69) is 5.32 Å². The zero-order valence-corrected chi connectivity index (χ0v) is 9.17. The van der Waals surface area contributed by atoms with Crippen molar-refractivity contribution in [3.63, 3.8) is 0 Å². The third-order valence-electron chi connectivity index (χ3n) is 1.96. The number of halogens is 2. The van der Waals surface area contributed by atoms with Crippen LogP contribution in [0.1, 0.15) is 13.3 Å². The summed E-state index contributed by atoms with van der Waals surface area (Å²) in [4.78, 5) is 21.7. The summed E-state index contributed by atoms with van der Waals surface area (Å²) < 4.78 is 23.9. The Morgan fingerprint density at radius 2 is 1.59 bits per heavy atom. The van der Waals surface area contributed by atoms with Crippen LogP contribution in [0.4, 0.5) is 20.2 Å². The molecule has 2 amide bonds. The number of carbonyl (C=O) groups excluding carboxylic acids is 2. The second kappa shape index (κ2) is 5.93. The molecule has 17 heavy (non-hydrogen) atoms. The number of amides is 2. The van der Waals surface area contributed by atoms with Crippen LogP contribution in [0.15, 0.2) is 24.3 Å². The molecule has 0 heterocycles. The van der Waals surface area contributed by atoms with E-state index in [4.69, 9.17) is 0 Å². The van der Waals surface area contributed by atoms with E-state index < -0.39 is 12.3 Å². The van der Waals surface area contributed by atoms with Crippen LogP contribution in [0.2, 0.25) is 0 Å². The van der Waals surface area contributed by atoms with Gasteiger partial charge in [0.25, 0.3) is 5.91 Å². The van der Waals surface area contributed by atoms with Gasteiger partial charge in [0.15, 0.2) is 0 Å². The Hall–Kier alpha value is -1.98. The summed E-state index contributed by atoms with van der Waals surface area (Å²) in [5.41, 5.74) is 0.802. The van der Waals surface area contributed by atoms with Crippen LogP contribution in [-0.2, 0) is 9.59 Å². The fourth-order valence-electron chi connectivity index (χ4n) is 1.08. The van der Waals surface area contributed by atoms with Crippen molar-refractivity contribution >= 4 is 23.2 Å². The van der Waals surface area contributed by atoms with Gasteiger partial charge in [-0.05, 0) is 24.3 Å². The molecule has 0 saturated carbocycles. The van der Waals surface area contributed by atoms with Crippen molar-refractivity contribution < 1.29 is 18.4 Å². The molecule has 0 aromatic heterocycles. The van der Waals surface area contributed by atoms with Gasteiger partial charge in [-0.15, -0.1) is 0 Å². The van der Waals surface area contributed by atoms with E-state index in [9.17, 15) is 18.4 Å². The summed E-state index contributed by atoms with van der Waals surface area (Å²) in [6.45, 7) is 1.71. The Kier molecular flexibility index (Phi) is 4.56. The molecule has 6 heteroatoms.